The summed E-state index contributed by atoms with van der Waals surface area (Å²) < 4.78 is 5.72. The number of benzene rings is 2. The van der Waals surface area contributed by atoms with Gasteiger partial charge < -0.3 is 10.1 Å². The number of nitrogens with one attached hydrogen (secondary N) is 1. The molecule has 1 aliphatic carbocycles. The van der Waals surface area contributed by atoms with E-state index in [0.717, 1.165) is 25.0 Å². The van der Waals surface area contributed by atoms with E-state index >= 15 is 0 Å². The number of hydrogen-bond acceptors (Lipinski definition) is 3. The van der Waals surface area contributed by atoms with Crippen LogP contribution in [0.1, 0.15) is 29.5 Å². The third kappa shape index (κ3) is 3.51. The number of amides is 1. The van der Waals surface area contributed by atoms with Gasteiger partial charge in [-0.15, -0.1) is 0 Å². The third-order valence-electron chi connectivity index (χ3n) is 4.03. The zero-order valence-corrected chi connectivity index (χ0v) is 12.8. The molecule has 0 bridgehead atoms. The first-order chi connectivity index (χ1) is 11.3. The summed E-state index contributed by atoms with van der Waals surface area (Å²) >= 11 is 0. The van der Waals surface area contributed by atoms with Crippen molar-refractivity contribution in [2.45, 2.75) is 25.7 Å². The Labute approximate surface area is 135 Å². The van der Waals surface area contributed by atoms with Crippen LogP contribution >= 0.6 is 0 Å². The van der Waals surface area contributed by atoms with Crippen LogP contribution in [0.5, 0.6) is 5.75 Å². The molecular formula is C19H18N2O2. The maximum atomic E-state index is 12.1. The first kappa shape index (κ1) is 15.1. The summed E-state index contributed by atoms with van der Waals surface area (Å²) in [6.45, 7) is -0.0593. The van der Waals surface area contributed by atoms with Crippen LogP contribution < -0.4 is 10.1 Å². The van der Waals surface area contributed by atoms with Crippen molar-refractivity contribution in [1.29, 1.82) is 5.26 Å². The highest BCUT2D eigenvalue weighted by molar-refractivity contribution is 5.93. The van der Waals surface area contributed by atoms with Crippen molar-refractivity contribution < 1.29 is 9.53 Å². The highest BCUT2D eigenvalue weighted by Gasteiger charge is 2.15. The van der Waals surface area contributed by atoms with E-state index in [1.807, 2.05) is 12.1 Å². The Morgan fingerprint density at radius 1 is 1.13 bits per heavy atom. The molecule has 0 unspecified atom stereocenters. The number of ether oxygens (including phenoxy) is 1. The van der Waals surface area contributed by atoms with Crippen LogP contribution in [-0.2, 0) is 17.6 Å². The second kappa shape index (κ2) is 6.97. The van der Waals surface area contributed by atoms with Crippen LogP contribution in [0, 0.1) is 11.3 Å². The summed E-state index contributed by atoms with van der Waals surface area (Å²) in [4.78, 5) is 12.1. The Bertz CT molecular complexity index is 762. The number of carbonyl (C=O) groups is 1. The van der Waals surface area contributed by atoms with Crippen LogP contribution in [0.2, 0.25) is 0 Å². The Morgan fingerprint density at radius 2 is 1.96 bits per heavy atom. The monoisotopic (exact) mass is 306 g/mol. The van der Waals surface area contributed by atoms with Crippen molar-refractivity contribution in [2.75, 3.05) is 11.9 Å². The number of nitrogens with zero attached hydrogens (tertiary/aromatic N) is 1. The summed E-state index contributed by atoms with van der Waals surface area (Å²) in [5, 5.41) is 11.8. The zero-order chi connectivity index (χ0) is 16.1. The molecule has 0 fully saturated rings. The average molecular weight is 306 g/mol. The quantitative estimate of drug-likeness (QED) is 0.941. The maximum Gasteiger partial charge on any atom is 0.262 e. The van der Waals surface area contributed by atoms with Crippen molar-refractivity contribution in [3.8, 4) is 11.8 Å². The molecule has 2 aromatic rings. The second-order valence-corrected chi connectivity index (χ2v) is 5.60. The topological polar surface area (TPSA) is 62.1 Å². The van der Waals surface area contributed by atoms with Crippen LogP contribution in [0.3, 0.4) is 0 Å². The van der Waals surface area contributed by atoms with E-state index in [1.54, 1.807) is 24.3 Å². The fourth-order valence-electron chi connectivity index (χ4n) is 2.90. The number of hydrogen-bond donors (Lipinski definition) is 1. The second-order valence-electron chi connectivity index (χ2n) is 5.60. The lowest BCUT2D eigenvalue weighted by atomic mass is 9.91. The lowest BCUT2D eigenvalue weighted by Gasteiger charge is -2.19. The third-order valence-corrected chi connectivity index (χ3v) is 4.03. The SMILES string of the molecule is N#Cc1ccccc1NC(=O)COc1cccc2c1CCCC2. The van der Waals surface area contributed by atoms with Gasteiger partial charge in [0.05, 0.1) is 11.3 Å². The van der Waals surface area contributed by atoms with Crippen LogP contribution in [0.15, 0.2) is 42.5 Å². The van der Waals surface area contributed by atoms with Crippen LogP contribution in [0.4, 0.5) is 5.69 Å². The summed E-state index contributed by atoms with van der Waals surface area (Å²) in [5.41, 5.74) is 3.50. The van der Waals surface area contributed by atoms with Gasteiger partial charge in [-0.2, -0.15) is 5.26 Å². The molecule has 1 aliphatic rings. The molecule has 1 N–H and O–H groups in total. The molecule has 3 rings (SSSR count). The van der Waals surface area contributed by atoms with Crippen molar-refractivity contribution >= 4 is 11.6 Å². The minimum atomic E-state index is -0.263. The first-order valence-corrected chi connectivity index (χ1v) is 7.80. The molecule has 4 heteroatoms. The minimum absolute atomic E-state index is 0.0593. The molecule has 0 radical (unpaired) electrons. The van der Waals surface area contributed by atoms with E-state index in [9.17, 15) is 4.79 Å². The Hall–Kier alpha value is -2.80. The largest absolute Gasteiger partial charge is 0.483 e. The molecule has 23 heavy (non-hydrogen) atoms. The van der Waals surface area contributed by atoms with Gasteiger partial charge in [-0.1, -0.05) is 24.3 Å². The normalized spacial score (nSPS) is 12.8. The average Bonchev–Trinajstić information content (AvgIpc) is 2.60. The van der Waals surface area contributed by atoms with Crippen molar-refractivity contribution in [3.05, 3.63) is 59.2 Å². The highest BCUT2D eigenvalue weighted by atomic mass is 16.5. The molecule has 1 amide bonds. The maximum absolute atomic E-state index is 12.1. The van der Waals surface area contributed by atoms with Gasteiger partial charge in [-0.25, -0.2) is 0 Å². The van der Waals surface area contributed by atoms with Crippen molar-refractivity contribution in [2.24, 2.45) is 0 Å². The molecule has 116 valence electrons. The standard InChI is InChI=1S/C19H18N2O2/c20-12-15-7-2-4-10-17(15)21-19(22)13-23-18-11-5-8-14-6-1-3-9-16(14)18/h2,4-5,7-8,10-11H,1,3,6,9,13H2,(H,21,22). The molecule has 0 saturated heterocycles. The smallest absolute Gasteiger partial charge is 0.262 e. The summed E-state index contributed by atoms with van der Waals surface area (Å²) in [7, 11) is 0. The molecule has 0 saturated carbocycles. The van der Waals surface area contributed by atoms with E-state index < -0.39 is 0 Å². The summed E-state index contributed by atoms with van der Waals surface area (Å²) in [6.07, 6.45) is 4.45. The van der Waals surface area contributed by atoms with Crippen LogP contribution in [-0.4, -0.2) is 12.5 Å². The number of para-hydroxylation sites is 1. The van der Waals surface area contributed by atoms with Gasteiger partial charge >= 0.3 is 0 Å². The predicted octanol–water partition coefficient (Wildman–Crippen LogP) is 3.45. The fourth-order valence-corrected chi connectivity index (χ4v) is 2.90. The number of nitriles is 1. The minimum Gasteiger partial charge on any atom is -0.483 e. The Morgan fingerprint density at radius 3 is 2.83 bits per heavy atom. The van der Waals surface area contributed by atoms with Gasteiger partial charge in [0.25, 0.3) is 5.91 Å². The molecular weight excluding hydrogens is 288 g/mol. The van der Waals surface area contributed by atoms with Crippen molar-refractivity contribution in [3.63, 3.8) is 0 Å². The van der Waals surface area contributed by atoms with Gasteiger partial charge in [0.15, 0.2) is 6.61 Å². The molecule has 0 aromatic heterocycles. The predicted molar refractivity (Wildman–Crippen MR) is 88.4 cm³/mol. The van der Waals surface area contributed by atoms with Crippen LogP contribution in [0.25, 0.3) is 0 Å². The van der Waals surface area contributed by atoms with E-state index in [-0.39, 0.29) is 12.5 Å². The number of carbonyl (C=O) groups excluding carboxylic acids is 1. The summed E-state index contributed by atoms with van der Waals surface area (Å²) in [5.74, 6) is 0.534. The van der Waals surface area contributed by atoms with Gasteiger partial charge in [-0.3, -0.25) is 4.79 Å². The molecule has 4 nitrogen and oxygen atoms in total. The Balaban J connectivity index is 1.65. The first-order valence-electron chi connectivity index (χ1n) is 7.80. The van der Waals surface area contributed by atoms with Gasteiger partial charge in [-0.05, 0) is 55.0 Å². The molecule has 2 aromatic carbocycles. The highest BCUT2D eigenvalue weighted by Crippen LogP contribution is 2.29. The Kier molecular flexibility index (Phi) is 4.58. The number of rotatable bonds is 4. The van der Waals surface area contributed by atoms with Gasteiger partial charge in [0, 0.05) is 0 Å². The van der Waals surface area contributed by atoms with E-state index in [4.69, 9.17) is 10.00 Å². The number of aryl methyl sites for hydroxylation is 1. The molecule has 0 atom stereocenters. The van der Waals surface area contributed by atoms with E-state index in [0.29, 0.717) is 11.3 Å². The molecule has 0 aliphatic heterocycles. The molecule has 0 heterocycles. The van der Waals surface area contributed by atoms with Gasteiger partial charge in [0.1, 0.15) is 11.8 Å². The lowest BCUT2D eigenvalue weighted by Crippen LogP contribution is -2.21. The van der Waals surface area contributed by atoms with E-state index in [2.05, 4.69) is 17.5 Å². The number of anilines is 1. The fraction of sp³-hybridized carbons (Fsp3) is 0.263. The summed E-state index contributed by atoms with van der Waals surface area (Å²) in [6, 6.07) is 15.0. The number of fused-ring (bicyclic) bond motifs is 1. The van der Waals surface area contributed by atoms with Crippen molar-refractivity contribution in [1.82, 2.24) is 0 Å². The zero-order valence-electron chi connectivity index (χ0n) is 12.8. The lowest BCUT2D eigenvalue weighted by molar-refractivity contribution is -0.118. The van der Waals surface area contributed by atoms with Gasteiger partial charge in [0.2, 0.25) is 0 Å². The molecule has 0 spiro atoms. The van der Waals surface area contributed by atoms with E-state index in [1.165, 1.54) is 17.5 Å².